The second-order valence-corrected chi connectivity index (χ2v) is 8.16. The number of amides is 1. The molecule has 3 N–H and O–H groups in total. The highest BCUT2D eigenvalue weighted by molar-refractivity contribution is 6.41. The molecule has 1 saturated carbocycles. The van der Waals surface area contributed by atoms with Crippen LogP contribution in [0, 0.1) is 0 Å². The van der Waals surface area contributed by atoms with Crippen molar-refractivity contribution in [3.05, 3.63) is 59.5 Å². The second-order valence-electron chi connectivity index (χ2n) is 7.40. The van der Waals surface area contributed by atoms with E-state index in [1.807, 2.05) is 12.1 Å². The van der Waals surface area contributed by atoms with Gasteiger partial charge in [0.15, 0.2) is 0 Å². The molecule has 0 bridgehead atoms. The quantitative estimate of drug-likeness (QED) is 0.369. The van der Waals surface area contributed by atoms with E-state index in [4.69, 9.17) is 32.7 Å². The van der Waals surface area contributed by atoms with Gasteiger partial charge >= 0.3 is 0 Å². The molecule has 2 aromatic heterocycles. The lowest BCUT2D eigenvalue weighted by atomic mass is 10.1. The molecule has 1 amide bonds. The number of hydrogen-bond acceptors (Lipinski definition) is 8. The van der Waals surface area contributed by atoms with E-state index in [2.05, 4.69) is 37.5 Å². The maximum absolute atomic E-state index is 11.5. The normalized spacial score (nSPS) is 16.4. The number of aromatic nitrogens is 3. The first-order valence-corrected chi connectivity index (χ1v) is 11.0. The number of carbonyl (C=O) groups excluding carboxylic acids is 1. The number of rotatable bonds is 9. The Morgan fingerprint density at radius 3 is 2.53 bits per heavy atom. The van der Waals surface area contributed by atoms with E-state index in [-0.39, 0.29) is 28.0 Å². The molecule has 1 aliphatic carbocycles. The van der Waals surface area contributed by atoms with Crippen molar-refractivity contribution in [2.75, 3.05) is 24.9 Å². The summed E-state index contributed by atoms with van der Waals surface area (Å²) >= 11 is 13.0. The van der Waals surface area contributed by atoms with Crippen molar-refractivity contribution >= 4 is 46.4 Å². The summed E-state index contributed by atoms with van der Waals surface area (Å²) in [5.41, 5.74) is 1.72. The van der Waals surface area contributed by atoms with Gasteiger partial charge in [0.1, 0.15) is 39.5 Å². The zero-order chi connectivity index (χ0) is 24.2. The van der Waals surface area contributed by atoms with Crippen LogP contribution in [-0.4, -0.2) is 47.2 Å². The van der Waals surface area contributed by atoms with Gasteiger partial charge in [0.2, 0.25) is 5.91 Å². The average Bonchev–Trinajstić information content (AvgIpc) is 3.58. The largest absolute Gasteiger partial charge is 0.495 e. The summed E-state index contributed by atoms with van der Waals surface area (Å²) in [5, 5.41) is 9.93. The van der Waals surface area contributed by atoms with Gasteiger partial charge in [0, 0.05) is 29.9 Å². The van der Waals surface area contributed by atoms with Crippen molar-refractivity contribution in [1.29, 1.82) is 0 Å². The van der Waals surface area contributed by atoms with E-state index < -0.39 is 0 Å². The standard InChI is InChI=1S/C23H22Cl2N6O3/c1-4-19(32)30-15-8-14(15)29-18-9-13(27-11-28-18)12-6-5-7-26-23(12)31-22-20(24)16(33-2)10-17(34-3)21(22)25/h4-7,9-11,14-15H,1,8H2,2-3H3,(H,26,31)(H,30,32)(H,27,28,29)/t14-,15+/m1/s1. The number of ether oxygens (including phenoxy) is 2. The maximum atomic E-state index is 11.5. The molecule has 1 aliphatic rings. The summed E-state index contributed by atoms with van der Waals surface area (Å²) in [7, 11) is 3.01. The topological polar surface area (TPSA) is 110 Å². The van der Waals surface area contributed by atoms with Crippen LogP contribution in [0.1, 0.15) is 6.42 Å². The van der Waals surface area contributed by atoms with Gasteiger partial charge in [-0.05, 0) is 24.6 Å². The number of pyridine rings is 1. The number of hydrogen-bond donors (Lipinski definition) is 3. The molecular formula is C23H22Cl2N6O3. The van der Waals surface area contributed by atoms with Gasteiger partial charge in [-0.2, -0.15) is 0 Å². The molecule has 0 unspecified atom stereocenters. The number of nitrogens with one attached hydrogen (secondary N) is 3. The van der Waals surface area contributed by atoms with E-state index >= 15 is 0 Å². The Hall–Kier alpha value is -3.56. The minimum Gasteiger partial charge on any atom is -0.495 e. The SMILES string of the molecule is C=CC(=O)N[C@H]1C[C@H]1Nc1cc(-c2cccnc2Nc2c(Cl)c(OC)cc(OC)c2Cl)ncn1. The molecule has 0 spiro atoms. The van der Waals surface area contributed by atoms with Gasteiger partial charge in [-0.3, -0.25) is 4.79 Å². The van der Waals surface area contributed by atoms with E-state index in [1.165, 1.54) is 26.6 Å². The average molecular weight is 501 g/mol. The van der Waals surface area contributed by atoms with Crippen LogP contribution in [0.25, 0.3) is 11.3 Å². The number of carbonyl (C=O) groups is 1. The molecule has 0 radical (unpaired) electrons. The lowest BCUT2D eigenvalue weighted by Gasteiger charge is -2.17. The Labute approximate surface area is 206 Å². The number of nitrogens with zero attached hydrogens (tertiary/aromatic N) is 3. The Morgan fingerprint density at radius 1 is 1.12 bits per heavy atom. The summed E-state index contributed by atoms with van der Waals surface area (Å²) in [5.74, 6) is 1.71. The van der Waals surface area contributed by atoms with Gasteiger partial charge in [0.25, 0.3) is 0 Å². The van der Waals surface area contributed by atoms with Crippen LogP contribution in [0.2, 0.25) is 10.0 Å². The number of methoxy groups -OCH3 is 2. The van der Waals surface area contributed by atoms with Crippen LogP contribution in [-0.2, 0) is 4.79 Å². The molecule has 176 valence electrons. The number of benzene rings is 1. The van der Waals surface area contributed by atoms with Gasteiger partial charge in [-0.25, -0.2) is 15.0 Å². The van der Waals surface area contributed by atoms with Crippen molar-refractivity contribution in [3.8, 4) is 22.8 Å². The van der Waals surface area contributed by atoms with E-state index in [1.54, 1.807) is 18.3 Å². The molecule has 9 nitrogen and oxygen atoms in total. The summed E-state index contributed by atoms with van der Waals surface area (Å²) in [4.78, 5) is 24.6. The van der Waals surface area contributed by atoms with Gasteiger partial charge in [-0.1, -0.05) is 29.8 Å². The Balaban J connectivity index is 1.60. The third-order valence-corrected chi connectivity index (χ3v) is 5.96. The van der Waals surface area contributed by atoms with E-state index in [9.17, 15) is 4.79 Å². The first-order valence-electron chi connectivity index (χ1n) is 10.3. The van der Waals surface area contributed by atoms with Crippen LogP contribution in [0.5, 0.6) is 11.5 Å². The van der Waals surface area contributed by atoms with Crippen molar-refractivity contribution in [2.45, 2.75) is 18.5 Å². The minimum atomic E-state index is -0.199. The Kier molecular flexibility index (Phi) is 7.04. The summed E-state index contributed by atoms with van der Waals surface area (Å²) in [6, 6.07) is 7.20. The van der Waals surface area contributed by atoms with Crippen molar-refractivity contribution in [2.24, 2.45) is 0 Å². The first-order chi connectivity index (χ1) is 16.4. The fourth-order valence-corrected chi connectivity index (χ4v) is 3.95. The smallest absolute Gasteiger partial charge is 0.243 e. The van der Waals surface area contributed by atoms with Crippen LogP contribution in [0.15, 0.2) is 49.4 Å². The predicted octanol–water partition coefficient (Wildman–Crippen LogP) is 4.46. The fourth-order valence-electron chi connectivity index (χ4n) is 3.35. The monoisotopic (exact) mass is 500 g/mol. The molecule has 0 aliphatic heterocycles. The molecule has 2 heterocycles. The highest BCUT2D eigenvalue weighted by Gasteiger charge is 2.38. The van der Waals surface area contributed by atoms with Gasteiger partial charge in [-0.15, -0.1) is 0 Å². The fraction of sp³-hybridized carbons (Fsp3) is 0.217. The van der Waals surface area contributed by atoms with Crippen LogP contribution >= 0.6 is 23.2 Å². The highest BCUT2D eigenvalue weighted by atomic mass is 35.5. The lowest BCUT2D eigenvalue weighted by molar-refractivity contribution is -0.116. The molecule has 0 saturated heterocycles. The van der Waals surface area contributed by atoms with Crippen LogP contribution < -0.4 is 25.4 Å². The molecule has 1 fully saturated rings. The summed E-state index contributed by atoms with van der Waals surface area (Å²) in [6.07, 6.45) is 5.16. The predicted molar refractivity (Wildman–Crippen MR) is 132 cm³/mol. The number of halogens is 2. The van der Waals surface area contributed by atoms with Crippen molar-refractivity contribution in [3.63, 3.8) is 0 Å². The number of anilines is 3. The molecule has 34 heavy (non-hydrogen) atoms. The lowest BCUT2D eigenvalue weighted by Crippen LogP contribution is -2.27. The third kappa shape index (κ3) is 5.00. The van der Waals surface area contributed by atoms with E-state index in [0.717, 1.165) is 6.42 Å². The Morgan fingerprint density at radius 2 is 1.85 bits per heavy atom. The molecule has 1 aromatic carbocycles. The van der Waals surface area contributed by atoms with E-state index in [0.29, 0.717) is 40.1 Å². The van der Waals surface area contributed by atoms with Gasteiger partial charge < -0.3 is 25.4 Å². The molecule has 2 atom stereocenters. The summed E-state index contributed by atoms with van der Waals surface area (Å²) < 4.78 is 10.7. The molecule has 3 aromatic rings. The first kappa shape index (κ1) is 23.6. The third-order valence-electron chi connectivity index (χ3n) is 5.20. The maximum Gasteiger partial charge on any atom is 0.243 e. The molecule has 11 heteroatoms. The van der Waals surface area contributed by atoms with Crippen LogP contribution in [0.4, 0.5) is 17.3 Å². The molecular weight excluding hydrogens is 479 g/mol. The zero-order valence-electron chi connectivity index (χ0n) is 18.4. The summed E-state index contributed by atoms with van der Waals surface area (Å²) in [6.45, 7) is 3.47. The van der Waals surface area contributed by atoms with Crippen molar-refractivity contribution in [1.82, 2.24) is 20.3 Å². The van der Waals surface area contributed by atoms with Crippen LogP contribution in [0.3, 0.4) is 0 Å². The Bertz CT molecular complexity index is 1210. The minimum absolute atomic E-state index is 0.0341. The molecule has 4 rings (SSSR count). The highest BCUT2D eigenvalue weighted by Crippen LogP contribution is 2.45. The van der Waals surface area contributed by atoms with Gasteiger partial charge in [0.05, 0.1) is 31.6 Å². The van der Waals surface area contributed by atoms with Crippen molar-refractivity contribution < 1.29 is 14.3 Å². The zero-order valence-corrected chi connectivity index (χ0v) is 19.9. The second kappa shape index (κ2) is 10.1.